The largest absolute Gasteiger partial charge is 0.341 e. The monoisotopic (exact) mass is 315 g/mol. The Bertz CT molecular complexity index is 525. The van der Waals surface area contributed by atoms with Gasteiger partial charge in [0.25, 0.3) is 0 Å². The summed E-state index contributed by atoms with van der Waals surface area (Å²) < 4.78 is 0. The molecule has 23 heavy (non-hydrogen) atoms. The highest BCUT2D eigenvalue weighted by Crippen LogP contribution is 2.30. The van der Waals surface area contributed by atoms with E-state index in [9.17, 15) is 4.79 Å². The quantitative estimate of drug-likeness (QED) is 0.860. The van der Waals surface area contributed by atoms with Crippen LogP contribution in [0.1, 0.15) is 44.6 Å². The van der Waals surface area contributed by atoms with Crippen molar-refractivity contribution in [1.82, 2.24) is 14.8 Å². The molecule has 2 aliphatic heterocycles. The lowest BCUT2D eigenvalue weighted by Crippen LogP contribution is -2.59. The lowest BCUT2D eigenvalue weighted by molar-refractivity contribution is -0.146. The van der Waals surface area contributed by atoms with Crippen LogP contribution in [0.2, 0.25) is 0 Å². The van der Waals surface area contributed by atoms with E-state index in [2.05, 4.69) is 40.9 Å². The van der Waals surface area contributed by atoms with E-state index in [1.54, 1.807) is 0 Å². The fourth-order valence-corrected chi connectivity index (χ4v) is 4.06. The first-order valence-electron chi connectivity index (χ1n) is 8.99. The highest BCUT2D eigenvalue weighted by Gasteiger charge is 2.42. The fourth-order valence-electron chi connectivity index (χ4n) is 4.06. The molecule has 3 rings (SSSR count). The maximum atomic E-state index is 13.0. The predicted molar refractivity (Wildman–Crippen MR) is 92.1 cm³/mol. The van der Waals surface area contributed by atoms with Crippen molar-refractivity contribution in [3.8, 4) is 0 Å². The second-order valence-corrected chi connectivity index (χ2v) is 7.45. The summed E-state index contributed by atoms with van der Waals surface area (Å²) >= 11 is 0. The molecule has 2 aliphatic rings. The molecule has 0 aromatic carbocycles. The Morgan fingerprint density at radius 2 is 1.91 bits per heavy atom. The van der Waals surface area contributed by atoms with E-state index < -0.39 is 0 Å². The van der Waals surface area contributed by atoms with Crippen LogP contribution in [0.4, 0.5) is 0 Å². The van der Waals surface area contributed by atoms with Gasteiger partial charge < -0.3 is 4.90 Å². The molecular weight excluding hydrogens is 286 g/mol. The average molecular weight is 315 g/mol. The summed E-state index contributed by atoms with van der Waals surface area (Å²) in [5, 5.41) is 0. The molecule has 0 unspecified atom stereocenters. The number of aromatic nitrogens is 1. The molecule has 0 spiro atoms. The topological polar surface area (TPSA) is 36.4 Å². The number of carbonyl (C=O) groups excluding carboxylic acids is 1. The van der Waals surface area contributed by atoms with E-state index in [1.807, 2.05) is 12.4 Å². The smallest absolute Gasteiger partial charge is 0.242 e. The van der Waals surface area contributed by atoms with Gasteiger partial charge in [-0.3, -0.25) is 14.7 Å². The van der Waals surface area contributed by atoms with Crippen molar-refractivity contribution in [2.45, 2.75) is 51.0 Å². The van der Waals surface area contributed by atoms with E-state index in [0.29, 0.717) is 11.8 Å². The van der Waals surface area contributed by atoms with E-state index in [-0.39, 0.29) is 5.54 Å². The third-order valence-corrected chi connectivity index (χ3v) is 5.89. The Balaban J connectivity index is 1.55. The molecule has 126 valence electrons. The van der Waals surface area contributed by atoms with Crippen LogP contribution in [-0.2, 0) is 11.2 Å². The van der Waals surface area contributed by atoms with Crippen molar-refractivity contribution in [1.29, 1.82) is 0 Å². The first-order valence-corrected chi connectivity index (χ1v) is 8.99. The highest BCUT2D eigenvalue weighted by molar-refractivity contribution is 5.86. The fraction of sp³-hybridized carbons (Fsp3) is 0.684. The third-order valence-electron chi connectivity index (χ3n) is 5.89. The predicted octanol–water partition coefficient (Wildman–Crippen LogP) is 2.74. The van der Waals surface area contributed by atoms with Crippen LogP contribution < -0.4 is 0 Å². The second-order valence-electron chi connectivity index (χ2n) is 7.45. The van der Waals surface area contributed by atoms with E-state index >= 15 is 0 Å². The van der Waals surface area contributed by atoms with Gasteiger partial charge in [-0.25, -0.2) is 0 Å². The average Bonchev–Trinajstić information content (AvgIpc) is 2.59. The van der Waals surface area contributed by atoms with Crippen molar-refractivity contribution >= 4 is 5.91 Å². The normalized spacial score (nSPS) is 27.1. The van der Waals surface area contributed by atoms with Crippen LogP contribution in [-0.4, -0.2) is 52.9 Å². The van der Waals surface area contributed by atoms with Gasteiger partial charge >= 0.3 is 0 Å². The molecule has 4 heteroatoms. The molecule has 0 N–H and O–H groups in total. The standard InChI is InChI=1S/C19H29N3O/c1-19(9-3-4-12-21(19)2)18(23)22-13-7-17(8-14-22)15-16-5-10-20-11-6-16/h5-6,10-11,17H,3-4,7-9,12-15H2,1-2H3/t19-/m1/s1. The molecule has 1 atom stereocenters. The lowest BCUT2D eigenvalue weighted by atomic mass is 9.85. The molecule has 1 aromatic rings. The molecule has 2 fully saturated rings. The lowest BCUT2D eigenvalue weighted by Gasteiger charge is -2.45. The minimum atomic E-state index is -0.282. The Morgan fingerprint density at radius 3 is 2.57 bits per heavy atom. The summed E-state index contributed by atoms with van der Waals surface area (Å²) in [5.41, 5.74) is 1.08. The van der Waals surface area contributed by atoms with Crippen LogP contribution in [0.25, 0.3) is 0 Å². The number of hydrogen-bond donors (Lipinski definition) is 0. The van der Waals surface area contributed by atoms with Crippen LogP contribution in [0.3, 0.4) is 0 Å². The van der Waals surface area contributed by atoms with Gasteiger partial charge in [0.15, 0.2) is 0 Å². The maximum Gasteiger partial charge on any atom is 0.242 e. The number of amides is 1. The van der Waals surface area contributed by atoms with Crippen molar-refractivity contribution in [3.63, 3.8) is 0 Å². The molecular formula is C19H29N3O. The van der Waals surface area contributed by atoms with Crippen LogP contribution in [0.5, 0.6) is 0 Å². The molecule has 0 radical (unpaired) electrons. The number of pyridine rings is 1. The SMILES string of the molecule is CN1CCCC[C@]1(C)C(=O)N1CCC(Cc2ccncc2)CC1. The number of likely N-dealkylation sites (tertiary alicyclic amines) is 2. The zero-order valence-electron chi connectivity index (χ0n) is 14.5. The van der Waals surface area contributed by atoms with Crippen LogP contribution >= 0.6 is 0 Å². The molecule has 1 aromatic heterocycles. The number of nitrogens with zero attached hydrogens (tertiary/aromatic N) is 3. The van der Waals surface area contributed by atoms with E-state index in [0.717, 1.165) is 45.3 Å². The Kier molecular flexibility index (Phi) is 5.00. The summed E-state index contributed by atoms with van der Waals surface area (Å²) in [6.07, 6.45) is 10.5. The number of carbonyl (C=O) groups is 1. The van der Waals surface area contributed by atoms with Gasteiger partial charge in [-0.2, -0.15) is 0 Å². The second kappa shape index (κ2) is 7.00. The first-order chi connectivity index (χ1) is 11.1. The van der Waals surface area contributed by atoms with E-state index in [1.165, 1.54) is 18.4 Å². The third kappa shape index (κ3) is 3.57. The van der Waals surface area contributed by atoms with Crippen molar-refractivity contribution in [2.24, 2.45) is 5.92 Å². The van der Waals surface area contributed by atoms with Crippen molar-refractivity contribution < 1.29 is 4.79 Å². The highest BCUT2D eigenvalue weighted by atomic mass is 16.2. The molecule has 2 saturated heterocycles. The van der Waals surface area contributed by atoms with Gasteiger partial charge in [0.1, 0.15) is 0 Å². The van der Waals surface area contributed by atoms with Crippen molar-refractivity contribution in [3.05, 3.63) is 30.1 Å². The minimum Gasteiger partial charge on any atom is -0.341 e. The Hall–Kier alpha value is -1.42. The molecule has 1 amide bonds. The zero-order valence-corrected chi connectivity index (χ0v) is 14.5. The van der Waals surface area contributed by atoms with Gasteiger partial charge in [0.05, 0.1) is 5.54 Å². The summed E-state index contributed by atoms with van der Waals surface area (Å²) in [6.45, 7) is 5.01. The summed E-state index contributed by atoms with van der Waals surface area (Å²) in [7, 11) is 2.10. The number of likely N-dealkylation sites (N-methyl/N-ethyl adjacent to an activating group) is 1. The van der Waals surface area contributed by atoms with E-state index in [4.69, 9.17) is 0 Å². The minimum absolute atomic E-state index is 0.282. The van der Waals surface area contributed by atoms with Gasteiger partial charge in [-0.15, -0.1) is 0 Å². The number of piperidine rings is 2. The van der Waals surface area contributed by atoms with Crippen LogP contribution in [0.15, 0.2) is 24.5 Å². The summed E-state index contributed by atoms with van der Waals surface area (Å²) in [4.78, 5) is 21.5. The number of rotatable bonds is 3. The summed E-state index contributed by atoms with van der Waals surface area (Å²) in [5.74, 6) is 1.04. The summed E-state index contributed by atoms with van der Waals surface area (Å²) in [6, 6.07) is 4.21. The molecule has 0 saturated carbocycles. The first kappa shape index (κ1) is 16.4. The zero-order chi connectivity index (χ0) is 16.3. The molecule has 0 bridgehead atoms. The molecule has 0 aliphatic carbocycles. The Labute approximate surface area is 139 Å². The van der Waals surface area contributed by atoms with Gasteiger partial charge in [0.2, 0.25) is 5.91 Å². The maximum absolute atomic E-state index is 13.0. The Morgan fingerprint density at radius 1 is 1.22 bits per heavy atom. The number of hydrogen-bond acceptors (Lipinski definition) is 3. The van der Waals surface area contributed by atoms with Gasteiger partial charge in [0, 0.05) is 25.5 Å². The van der Waals surface area contributed by atoms with Crippen molar-refractivity contribution in [2.75, 3.05) is 26.7 Å². The van der Waals surface area contributed by atoms with Gasteiger partial charge in [-0.05, 0) is 82.7 Å². The van der Waals surface area contributed by atoms with Crippen LogP contribution in [0, 0.1) is 5.92 Å². The molecule has 3 heterocycles. The van der Waals surface area contributed by atoms with Gasteiger partial charge in [-0.1, -0.05) is 0 Å². The molecule has 4 nitrogen and oxygen atoms in total.